The number of carbonyl (C=O) groups excluding carboxylic acids is 1. The largest absolute Gasteiger partial charge is 0.311 e. The quantitative estimate of drug-likeness (QED) is 0.881. The lowest BCUT2D eigenvalue weighted by molar-refractivity contribution is -0.117. The highest BCUT2D eigenvalue weighted by molar-refractivity contribution is 6.31. The molecule has 1 aliphatic heterocycles. The first kappa shape index (κ1) is 13.3. The number of aromatic nitrogens is 4. The van der Waals surface area contributed by atoms with E-state index < -0.39 is 0 Å². The predicted molar refractivity (Wildman–Crippen MR) is 75.8 cm³/mol. The molecular weight excluding hydrogens is 301 g/mol. The van der Waals surface area contributed by atoms with Gasteiger partial charge in [-0.15, -0.1) is 21.8 Å². The van der Waals surface area contributed by atoms with Crippen LogP contribution in [0.5, 0.6) is 0 Å². The molecule has 1 aromatic carbocycles. The van der Waals surface area contributed by atoms with Gasteiger partial charge < -0.3 is 4.90 Å². The molecule has 1 fully saturated rings. The third kappa shape index (κ3) is 2.36. The Kier molecular flexibility index (Phi) is 3.58. The third-order valence-electron chi connectivity index (χ3n) is 3.26. The zero-order chi connectivity index (χ0) is 14.1. The summed E-state index contributed by atoms with van der Waals surface area (Å²) >= 11 is 11.9. The van der Waals surface area contributed by atoms with Crippen LogP contribution in [0.1, 0.15) is 6.42 Å². The van der Waals surface area contributed by atoms with Crippen molar-refractivity contribution in [3.63, 3.8) is 0 Å². The Morgan fingerprint density at radius 2 is 2.30 bits per heavy atom. The number of rotatable bonds is 3. The van der Waals surface area contributed by atoms with Gasteiger partial charge in [0.1, 0.15) is 0 Å². The Labute approximate surface area is 125 Å². The summed E-state index contributed by atoms with van der Waals surface area (Å²) < 4.78 is 0. The first-order valence-electron chi connectivity index (χ1n) is 6.08. The maximum atomic E-state index is 12.1. The van der Waals surface area contributed by atoms with E-state index >= 15 is 0 Å². The van der Waals surface area contributed by atoms with Crippen LogP contribution in [0.2, 0.25) is 5.02 Å². The molecule has 1 amide bonds. The minimum atomic E-state index is 0.0302. The molecule has 1 unspecified atom stereocenters. The summed E-state index contributed by atoms with van der Waals surface area (Å²) in [6, 6.07) is 5.25. The summed E-state index contributed by atoms with van der Waals surface area (Å²) in [7, 11) is 0. The van der Waals surface area contributed by atoms with Crippen LogP contribution >= 0.6 is 23.2 Å². The number of nitrogens with zero attached hydrogens (tertiary/aromatic N) is 4. The molecule has 0 bridgehead atoms. The summed E-state index contributed by atoms with van der Waals surface area (Å²) in [6.45, 7) is 0.577. The van der Waals surface area contributed by atoms with Crippen LogP contribution in [0, 0.1) is 5.92 Å². The molecule has 1 saturated heterocycles. The van der Waals surface area contributed by atoms with E-state index in [-0.39, 0.29) is 11.8 Å². The van der Waals surface area contributed by atoms with Crippen molar-refractivity contribution in [2.45, 2.75) is 6.42 Å². The number of hydrogen-bond acceptors (Lipinski definition) is 4. The zero-order valence-corrected chi connectivity index (χ0v) is 11.9. The normalized spacial score (nSPS) is 18.8. The SMILES string of the molecule is O=C1CC(CCl)CN1c1cc(Cl)ccc1-c1nn[nH]n1. The summed E-state index contributed by atoms with van der Waals surface area (Å²) in [5, 5.41) is 14.4. The number of nitrogens with one attached hydrogen (secondary N) is 1. The maximum absolute atomic E-state index is 12.1. The molecule has 1 N–H and O–H groups in total. The van der Waals surface area contributed by atoms with Crippen molar-refractivity contribution in [3.05, 3.63) is 23.2 Å². The molecule has 2 aromatic rings. The lowest BCUT2D eigenvalue weighted by Gasteiger charge is -2.19. The third-order valence-corrected chi connectivity index (χ3v) is 3.93. The molecule has 0 saturated carbocycles. The lowest BCUT2D eigenvalue weighted by Crippen LogP contribution is -2.25. The average Bonchev–Trinajstić information content (AvgIpc) is 3.07. The van der Waals surface area contributed by atoms with Gasteiger partial charge in [0.15, 0.2) is 0 Å². The van der Waals surface area contributed by atoms with Gasteiger partial charge in [-0.1, -0.05) is 11.6 Å². The number of aromatic amines is 1. The minimum absolute atomic E-state index is 0.0302. The van der Waals surface area contributed by atoms with Crippen LogP contribution in [-0.4, -0.2) is 39.0 Å². The second-order valence-corrected chi connectivity index (χ2v) is 5.37. The summed E-state index contributed by atoms with van der Waals surface area (Å²) in [5.41, 5.74) is 1.41. The second-order valence-electron chi connectivity index (χ2n) is 4.63. The molecule has 2 heterocycles. The molecule has 1 aliphatic rings. The van der Waals surface area contributed by atoms with Crippen molar-refractivity contribution in [1.82, 2.24) is 20.6 Å². The summed E-state index contributed by atoms with van der Waals surface area (Å²) in [5.74, 6) is 1.07. The van der Waals surface area contributed by atoms with E-state index in [1.165, 1.54) is 0 Å². The summed E-state index contributed by atoms with van der Waals surface area (Å²) in [4.78, 5) is 13.8. The van der Waals surface area contributed by atoms with Crippen LogP contribution in [0.3, 0.4) is 0 Å². The molecule has 20 heavy (non-hydrogen) atoms. The fraction of sp³-hybridized carbons (Fsp3) is 0.333. The van der Waals surface area contributed by atoms with Gasteiger partial charge in [0.25, 0.3) is 0 Å². The van der Waals surface area contributed by atoms with Gasteiger partial charge in [0.05, 0.1) is 5.69 Å². The van der Waals surface area contributed by atoms with E-state index in [1.54, 1.807) is 23.1 Å². The number of amides is 1. The molecule has 0 spiro atoms. The van der Waals surface area contributed by atoms with Crippen molar-refractivity contribution in [2.75, 3.05) is 17.3 Å². The van der Waals surface area contributed by atoms with E-state index in [2.05, 4.69) is 20.6 Å². The molecule has 6 nitrogen and oxygen atoms in total. The van der Waals surface area contributed by atoms with Crippen LogP contribution in [0.15, 0.2) is 18.2 Å². The Bertz CT molecular complexity index is 631. The number of alkyl halides is 1. The molecule has 3 rings (SSSR count). The molecule has 0 aliphatic carbocycles. The first-order chi connectivity index (χ1) is 9.69. The van der Waals surface area contributed by atoms with Crippen LogP contribution < -0.4 is 4.90 Å². The summed E-state index contributed by atoms with van der Waals surface area (Å²) in [6.07, 6.45) is 0.446. The number of benzene rings is 1. The van der Waals surface area contributed by atoms with Gasteiger partial charge in [0, 0.05) is 29.4 Å². The average molecular weight is 312 g/mol. The number of H-pyrrole nitrogens is 1. The molecule has 104 valence electrons. The Morgan fingerprint density at radius 1 is 1.45 bits per heavy atom. The van der Waals surface area contributed by atoms with E-state index in [0.29, 0.717) is 40.9 Å². The fourth-order valence-corrected chi connectivity index (χ4v) is 2.68. The topological polar surface area (TPSA) is 74.8 Å². The monoisotopic (exact) mass is 311 g/mol. The molecule has 0 radical (unpaired) electrons. The standard InChI is InChI=1S/C12H11Cl2N5O/c13-5-7-3-11(20)19(6-7)10-4-8(14)1-2-9(10)12-15-17-18-16-12/h1-2,4,7H,3,5-6H2,(H,15,16,17,18). The fourth-order valence-electron chi connectivity index (χ4n) is 2.31. The molecule has 1 atom stereocenters. The van der Waals surface area contributed by atoms with Gasteiger partial charge in [-0.3, -0.25) is 4.79 Å². The van der Waals surface area contributed by atoms with Crippen molar-refractivity contribution in [1.29, 1.82) is 0 Å². The van der Waals surface area contributed by atoms with Crippen LogP contribution in [-0.2, 0) is 4.79 Å². The first-order valence-corrected chi connectivity index (χ1v) is 7.00. The van der Waals surface area contributed by atoms with Crippen molar-refractivity contribution in [3.8, 4) is 11.4 Å². The number of anilines is 1. The van der Waals surface area contributed by atoms with Gasteiger partial charge in [0.2, 0.25) is 11.7 Å². The van der Waals surface area contributed by atoms with Crippen molar-refractivity contribution >= 4 is 34.8 Å². The number of tetrazole rings is 1. The molecule has 8 heteroatoms. The predicted octanol–water partition coefficient (Wildman–Crippen LogP) is 2.11. The smallest absolute Gasteiger partial charge is 0.227 e. The number of halogens is 2. The minimum Gasteiger partial charge on any atom is -0.311 e. The Balaban J connectivity index is 2.04. The van der Waals surface area contributed by atoms with E-state index in [9.17, 15) is 4.79 Å². The van der Waals surface area contributed by atoms with E-state index in [0.717, 1.165) is 0 Å². The van der Waals surface area contributed by atoms with Crippen molar-refractivity contribution < 1.29 is 4.79 Å². The zero-order valence-electron chi connectivity index (χ0n) is 10.4. The van der Waals surface area contributed by atoms with Gasteiger partial charge in [-0.2, -0.15) is 5.21 Å². The highest BCUT2D eigenvalue weighted by Gasteiger charge is 2.32. The van der Waals surface area contributed by atoms with Crippen LogP contribution in [0.4, 0.5) is 5.69 Å². The molecular formula is C12H11Cl2N5O. The van der Waals surface area contributed by atoms with Crippen molar-refractivity contribution in [2.24, 2.45) is 5.92 Å². The Hall–Kier alpha value is -1.66. The highest BCUT2D eigenvalue weighted by Crippen LogP contribution is 2.35. The maximum Gasteiger partial charge on any atom is 0.227 e. The number of hydrogen-bond donors (Lipinski definition) is 1. The van der Waals surface area contributed by atoms with Gasteiger partial charge in [-0.05, 0) is 29.3 Å². The lowest BCUT2D eigenvalue weighted by atomic mass is 10.1. The van der Waals surface area contributed by atoms with E-state index in [4.69, 9.17) is 23.2 Å². The highest BCUT2D eigenvalue weighted by atomic mass is 35.5. The molecule has 1 aromatic heterocycles. The second kappa shape index (κ2) is 5.38. The van der Waals surface area contributed by atoms with Gasteiger partial charge in [-0.25, -0.2) is 0 Å². The Morgan fingerprint density at radius 3 is 2.95 bits per heavy atom. The number of carbonyl (C=O) groups is 1. The van der Waals surface area contributed by atoms with Crippen LogP contribution in [0.25, 0.3) is 11.4 Å². The van der Waals surface area contributed by atoms with Gasteiger partial charge >= 0.3 is 0 Å². The van der Waals surface area contributed by atoms with E-state index in [1.807, 2.05) is 0 Å².